The Bertz CT molecular complexity index is 456. The smallest absolute Gasteiger partial charge is 0.138 e. The van der Waals surface area contributed by atoms with E-state index in [2.05, 4.69) is 18.0 Å². The van der Waals surface area contributed by atoms with Gasteiger partial charge in [0.15, 0.2) is 0 Å². The van der Waals surface area contributed by atoms with E-state index in [1.165, 1.54) is 12.8 Å². The first-order valence-corrected chi connectivity index (χ1v) is 6.61. The first-order valence-electron chi connectivity index (χ1n) is 6.23. The van der Waals surface area contributed by atoms with Crippen molar-refractivity contribution in [2.45, 2.75) is 25.3 Å². The third kappa shape index (κ3) is 3.16. The lowest BCUT2D eigenvalue weighted by Gasteiger charge is -2.32. The number of ether oxygens (including phenoxy) is 1. The number of nitriles is 1. The van der Waals surface area contributed by atoms with Crippen LogP contribution in [-0.2, 0) is 0 Å². The predicted octanol–water partition coefficient (Wildman–Crippen LogP) is 3.07. The van der Waals surface area contributed by atoms with Crippen LogP contribution in [0.4, 0.5) is 0 Å². The summed E-state index contributed by atoms with van der Waals surface area (Å²) in [6.07, 6.45) is 3.66. The zero-order chi connectivity index (χ0) is 13.0. The number of piperidine rings is 1. The van der Waals surface area contributed by atoms with Crippen molar-refractivity contribution >= 4 is 11.6 Å². The first-order chi connectivity index (χ1) is 8.70. The molecule has 0 N–H and O–H groups in total. The Balaban J connectivity index is 2.01. The van der Waals surface area contributed by atoms with Gasteiger partial charge in [0.05, 0.1) is 5.56 Å². The van der Waals surface area contributed by atoms with Crippen LogP contribution in [0.1, 0.15) is 24.8 Å². The van der Waals surface area contributed by atoms with Crippen LogP contribution in [0.5, 0.6) is 5.75 Å². The molecule has 0 aromatic heterocycles. The maximum Gasteiger partial charge on any atom is 0.138 e. The standard InChI is InChI=1S/C14H17ClN2O/c1-17-7-3-2-4-13(17)10-18-14-8-12(15)6-5-11(14)9-16/h5-6,8,13H,2-4,7,10H2,1H3. The number of likely N-dealkylation sites (N-methyl/N-ethyl adjacent to an activating group) is 1. The van der Waals surface area contributed by atoms with Crippen molar-refractivity contribution in [3.05, 3.63) is 28.8 Å². The molecule has 1 fully saturated rings. The number of rotatable bonds is 3. The quantitative estimate of drug-likeness (QED) is 0.842. The molecule has 1 aliphatic rings. The summed E-state index contributed by atoms with van der Waals surface area (Å²) in [5, 5.41) is 9.61. The van der Waals surface area contributed by atoms with Gasteiger partial charge in [0.1, 0.15) is 18.4 Å². The molecule has 1 atom stereocenters. The highest BCUT2D eigenvalue weighted by Crippen LogP contribution is 2.24. The number of likely N-dealkylation sites (tertiary alicyclic amines) is 1. The Morgan fingerprint density at radius 3 is 3.06 bits per heavy atom. The second-order valence-corrected chi connectivity index (χ2v) is 5.13. The fraction of sp³-hybridized carbons (Fsp3) is 0.500. The molecule has 1 saturated heterocycles. The highest BCUT2D eigenvalue weighted by atomic mass is 35.5. The van der Waals surface area contributed by atoms with Gasteiger partial charge in [0.2, 0.25) is 0 Å². The molecular formula is C14H17ClN2O. The largest absolute Gasteiger partial charge is 0.491 e. The summed E-state index contributed by atoms with van der Waals surface area (Å²) in [6.45, 7) is 1.74. The van der Waals surface area contributed by atoms with Crippen LogP contribution in [0.3, 0.4) is 0 Å². The number of benzene rings is 1. The Morgan fingerprint density at radius 2 is 2.33 bits per heavy atom. The topological polar surface area (TPSA) is 36.3 Å². The van der Waals surface area contributed by atoms with Gasteiger partial charge >= 0.3 is 0 Å². The molecule has 1 aromatic carbocycles. The first kappa shape index (κ1) is 13.2. The molecule has 0 radical (unpaired) electrons. The predicted molar refractivity (Wildman–Crippen MR) is 71.9 cm³/mol. The molecule has 0 spiro atoms. The molecule has 1 aliphatic heterocycles. The maximum atomic E-state index is 9.01. The number of hydrogen-bond acceptors (Lipinski definition) is 3. The highest BCUT2D eigenvalue weighted by Gasteiger charge is 2.19. The van der Waals surface area contributed by atoms with E-state index < -0.39 is 0 Å². The second-order valence-electron chi connectivity index (χ2n) is 4.69. The van der Waals surface area contributed by atoms with Gasteiger partial charge in [-0.1, -0.05) is 18.0 Å². The molecule has 0 bridgehead atoms. The van der Waals surface area contributed by atoms with Crippen molar-refractivity contribution < 1.29 is 4.74 Å². The van der Waals surface area contributed by atoms with Gasteiger partial charge in [-0.05, 0) is 38.6 Å². The minimum absolute atomic E-state index is 0.435. The summed E-state index contributed by atoms with van der Waals surface area (Å²) in [4.78, 5) is 2.32. The zero-order valence-electron chi connectivity index (χ0n) is 10.5. The molecule has 0 amide bonds. The lowest BCUT2D eigenvalue weighted by Crippen LogP contribution is -2.40. The summed E-state index contributed by atoms with van der Waals surface area (Å²) in [6, 6.07) is 7.67. The molecule has 0 aliphatic carbocycles. The van der Waals surface area contributed by atoms with Crippen LogP contribution in [0.15, 0.2) is 18.2 Å². The molecule has 4 heteroatoms. The highest BCUT2D eigenvalue weighted by molar-refractivity contribution is 6.30. The Labute approximate surface area is 113 Å². The molecule has 1 heterocycles. The van der Waals surface area contributed by atoms with E-state index in [0.29, 0.717) is 29.0 Å². The molecule has 18 heavy (non-hydrogen) atoms. The van der Waals surface area contributed by atoms with Crippen LogP contribution >= 0.6 is 11.6 Å². The summed E-state index contributed by atoms with van der Waals surface area (Å²) in [7, 11) is 2.12. The molecule has 96 valence electrons. The number of hydrogen-bond donors (Lipinski definition) is 0. The van der Waals surface area contributed by atoms with Crippen molar-refractivity contribution in [3.8, 4) is 11.8 Å². The van der Waals surface area contributed by atoms with Gasteiger partial charge in [0.25, 0.3) is 0 Å². The number of nitrogens with zero attached hydrogens (tertiary/aromatic N) is 2. The van der Waals surface area contributed by atoms with Crippen LogP contribution in [0.2, 0.25) is 5.02 Å². The van der Waals surface area contributed by atoms with Gasteiger partial charge in [0, 0.05) is 17.1 Å². The average molecular weight is 265 g/mol. The molecule has 1 aromatic rings. The van der Waals surface area contributed by atoms with Gasteiger partial charge in [-0.2, -0.15) is 5.26 Å². The minimum atomic E-state index is 0.435. The van der Waals surface area contributed by atoms with Crippen LogP contribution in [0.25, 0.3) is 0 Å². The van der Waals surface area contributed by atoms with E-state index in [0.717, 1.165) is 13.0 Å². The van der Waals surface area contributed by atoms with Crippen molar-refractivity contribution in [2.24, 2.45) is 0 Å². The molecule has 2 rings (SSSR count). The average Bonchev–Trinajstić information content (AvgIpc) is 2.38. The summed E-state index contributed by atoms with van der Waals surface area (Å²) in [5.41, 5.74) is 0.540. The fourth-order valence-corrected chi connectivity index (χ4v) is 2.41. The van der Waals surface area contributed by atoms with Gasteiger partial charge in [-0.15, -0.1) is 0 Å². The lowest BCUT2D eigenvalue weighted by molar-refractivity contribution is 0.125. The normalized spacial score (nSPS) is 20.4. The van der Waals surface area contributed by atoms with Crippen molar-refractivity contribution in [1.29, 1.82) is 5.26 Å². The third-order valence-electron chi connectivity index (χ3n) is 3.42. The summed E-state index contributed by atoms with van der Waals surface area (Å²) < 4.78 is 5.77. The molecular weight excluding hydrogens is 248 g/mol. The third-order valence-corrected chi connectivity index (χ3v) is 3.65. The van der Waals surface area contributed by atoms with E-state index >= 15 is 0 Å². The Hall–Kier alpha value is -1.24. The number of halogens is 1. The van der Waals surface area contributed by atoms with Gasteiger partial charge in [-0.25, -0.2) is 0 Å². The van der Waals surface area contributed by atoms with E-state index in [4.69, 9.17) is 21.6 Å². The summed E-state index contributed by atoms with van der Waals surface area (Å²) >= 11 is 5.92. The van der Waals surface area contributed by atoms with Crippen LogP contribution in [-0.4, -0.2) is 31.1 Å². The Kier molecular flexibility index (Phi) is 4.46. The lowest BCUT2D eigenvalue weighted by atomic mass is 10.0. The van der Waals surface area contributed by atoms with Crippen molar-refractivity contribution in [2.75, 3.05) is 20.2 Å². The van der Waals surface area contributed by atoms with Crippen LogP contribution < -0.4 is 4.74 Å². The van der Waals surface area contributed by atoms with E-state index in [-0.39, 0.29) is 0 Å². The van der Waals surface area contributed by atoms with Crippen molar-refractivity contribution in [1.82, 2.24) is 4.90 Å². The van der Waals surface area contributed by atoms with Gasteiger partial charge in [-0.3, -0.25) is 0 Å². The fourth-order valence-electron chi connectivity index (χ4n) is 2.25. The van der Waals surface area contributed by atoms with E-state index in [1.54, 1.807) is 18.2 Å². The van der Waals surface area contributed by atoms with Crippen molar-refractivity contribution in [3.63, 3.8) is 0 Å². The van der Waals surface area contributed by atoms with E-state index in [9.17, 15) is 0 Å². The van der Waals surface area contributed by atoms with E-state index in [1.807, 2.05) is 0 Å². The monoisotopic (exact) mass is 264 g/mol. The zero-order valence-corrected chi connectivity index (χ0v) is 11.3. The molecule has 1 unspecified atom stereocenters. The molecule has 0 saturated carbocycles. The van der Waals surface area contributed by atoms with Crippen LogP contribution in [0, 0.1) is 11.3 Å². The second kappa shape index (κ2) is 6.08. The maximum absolute atomic E-state index is 9.01. The Morgan fingerprint density at radius 1 is 1.50 bits per heavy atom. The van der Waals surface area contributed by atoms with Gasteiger partial charge < -0.3 is 9.64 Å². The summed E-state index contributed by atoms with van der Waals surface area (Å²) in [5.74, 6) is 0.587. The SMILES string of the molecule is CN1CCCCC1COc1cc(Cl)ccc1C#N. The minimum Gasteiger partial charge on any atom is -0.491 e. The molecule has 3 nitrogen and oxygen atoms in total.